The molecule has 0 aliphatic carbocycles. The first kappa shape index (κ1) is 24.0. The fourth-order valence-corrected chi connectivity index (χ4v) is 6.07. The van der Waals surface area contributed by atoms with Crippen LogP contribution in [0.1, 0.15) is 24.0 Å². The standard InChI is InChI=1S/C24H30ClN3O4S/c25-22-3-1-2-20(16-22)18-33(30,31)28-10-8-21(9-11-28)24(29)26-17-19-4-6-23(7-5-19)27-12-14-32-15-13-27/h1-7,16,21H,8-15,17-18H2,(H,26,29). The molecule has 0 unspecified atom stereocenters. The molecule has 9 heteroatoms. The number of piperidine rings is 1. The second kappa shape index (κ2) is 10.9. The van der Waals surface area contributed by atoms with Gasteiger partial charge in [-0.1, -0.05) is 35.9 Å². The summed E-state index contributed by atoms with van der Waals surface area (Å²) in [6.45, 7) is 4.46. The number of carbonyl (C=O) groups excluding carboxylic acids is 1. The molecular formula is C24H30ClN3O4S. The number of anilines is 1. The summed E-state index contributed by atoms with van der Waals surface area (Å²) in [4.78, 5) is 14.9. The van der Waals surface area contributed by atoms with Crippen LogP contribution in [0, 0.1) is 5.92 Å². The molecule has 2 aromatic carbocycles. The maximum atomic E-state index is 12.8. The normalized spacial score (nSPS) is 18.3. The summed E-state index contributed by atoms with van der Waals surface area (Å²) in [6.07, 6.45) is 1.05. The van der Waals surface area contributed by atoms with E-state index in [1.165, 1.54) is 9.99 Å². The summed E-state index contributed by atoms with van der Waals surface area (Å²) in [5, 5.41) is 3.53. The third-order valence-corrected chi connectivity index (χ3v) is 8.32. The topological polar surface area (TPSA) is 79.0 Å². The SMILES string of the molecule is O=C(NCc1ccc(N2CCOCC2)cc1)C1CCN(S(=O)(=O)Cc2cccc(Cl)c2)CC1. The van der Waals surface area contributed by atoms with Gasteiger partial charge < -0.3 is 15.0 Å². The van der Waals surface area contributed by atoms with Crippen molar-refractivity contribution in [3.63, 3.8) is 0 Å². The van der Waals surface area contributed by atoms with Gasteiger partial charge in [0, 0.05) is 49.4 Å². The van der Waals surface area contributed by atoms with Crippen LogP contribution in [-0.4, -0.2) is 58.0 Å². The van der Waals surface area contributed by atoms with Crippen LogP contribution in [0.25, 0.3) is 0 Å². The Balaban J connectivity index is 1.23. The van der Waals surface area contributed by atoms with Crippen molar-refractivity contribution in [1.29, 1.82) is 0 Å². The van der Waals surface area contributed by atoms with Gasteiger partial charge in [-0.3, -0.25) is 4.79 Å². The predicted molar refractivity (Wildman–Crippen MR) is 130 cm³/mol. The summed E-state index contributed by atoms with van der Waals surface area (Å²) in [7, 11) is -3.44. The van der Waals surface area contributed by atoms with E-state index in [1.807, 2.05) is 12.1 Å². The van der Waals surface area contributed by atoms with E-state index in [0.717, 1.165) is 31.9 Å². The van der Waals surface area contributed by atoms with Crippen LogP contribution < -0.4 is 10.2 Å². The average molecular weight is 492 g/mol. The Hall–Kier alpha value is -2.13. The van der Waals surface area contributed by atoms with Crippen LogP contribution in [0.3, 0.4) is 0 Å². The number of morpholine rings is 1. The molecule has 2 aliphatic heterocycles. The molecule has 33 heavy (non-hydrogen) atoms. The summed E-state index contributed by atoms with van der Waals surface area (Å²) in [5.74, 6) is -0.264. The predicted octanol–water partition coefficient (Wildman–Crippen LogP) is 3.03. The quantitative estimate of drug-likeness (QED) is 0.644. The number of sulfonamides is 1. The van der Waals surface area contributed by atoms with Crippen LogP contribution in [0.2, 0.25) is 5.02 Å². The van der Waals surface area contributed by atoms with Gasteiger partial charge in [-0.15, -0.1) is 0 Å². The van der Waals surface area contributed by atoms with Crippen LogP contribution in [0.15, 0.2) is 48.5 Å². The van der Waals surface area contributed by atoms with Crippen molar-refractivity contribution in [1.82, 2.24) is 9.62 Å². The third kappa shape index (κ3) is 6.47. The van der Waals surface area contributed by atoms with E-state index >= 15 is 0 Å². The Morgan fingerprint density at radius 2 is 1.70 bits per heavy atom. The Morgan fingerprint density at radius 1 is 1.00 bits per heavy atom. The minimum Gasteiger partial charge on any atom is -0.378 e. The van der Waals surface area contributed by atoms with Crippen molar-refractivity contribution in [3.05, 3.63) is 64.7 Å². The van der Waals surface area contributed by atoms with Crippen molar-refractivity contribution in [2.45, 2.75) is 25.1 Å². The zero-order chi connectivity index (χ0) is 23.3. The van der Waals surface area contributed by atoms with Crippen molar-refractivity contribution in [3.8, 4) is 0 Å². The molecule has 0 saturated carbocycles. The molecular weight excluding hydrogens is 462 g/mol. The highest BCUT2D eigenvalue weighted by Gasteiger charge is 2.31. The van der Waals surface area contributed by atoms with Crippen LogP contribution in [-0.2, 0) is 31.9 Å². The highest BCUT2D eigenvalue weighted by atomic mass is 35.5. The molecule has 0 bridgehead atoms. The molecule has 0 radical (unpaired) electrons. The van der Waals surface area contributed by atoms with Gasteiger partial charge >= 0.3 is 0 Å². The lowest BCUT2D eigenvalue weighted by atomic mass is 9.97. The monoisotopic (exact) mass is 491 g/mol. The second-order valence-electron chi connectivity index (χ2n) is 8.54. The van der Waals surface area contributed by atoms with E-state index in [1.54, 1.807) is 24.3 Å². The van der Waals surface area contributed by atoms with Crippen LogP contribution in [0.5, 0.6) is 0 Å². The fourth-order valence-electron chi connectivity index (χ4n) is 4.30. The highest BCUT2D eigenvalue weighted by Crippen LogP contribution is 2.23. The summed E-state index contributed by atoms with van der Waals surface area (Å²) >= 11 is 5.97. The minimum absolute atomic E-state index is 0.0147. The van der Waals surface area contributed by atoms with Gasteiger partial charge in [0.05, 0.1) is 19.0 Å². The molecule has 2 aromatic rings. The number of ether oxygens (including phenoxy) is 1. The first-order valence-electron chi connectivity index (χ1n) is 11.3. The lowest BCUT2D eigenvalue weighted by molar-refractivity contribution is -0.126. The fraction of sp³-hybridized carbons (Fsp3) is 0.458. The maximum absolute atomic E-state index is 12.8. The molecule has 178 valence electrons. The van der Waals surface area contributed by atoms with Crippen LogP contribution >= 0.6 is 11.6 Å². The number of hydrogen-bond donors (Lipinski definition) is 1. The highest BCUT2D eigenvalue weighted by molar-refractivity contribution is 7.88. The number of amides is 1. The molecule has 2 aliphatic rings. The lowest BCUT2D eigenvalue weighted by Crippen LogP contribution is -2.43. The van der Waals surface area contributed by atoms with Gasteiger partial charge in [0.15, 0.2) is 0 Å². The number of halogens is 1. The average Bonchev–Trinajstić information content (AvgIpc) is 2.83. The molecule has 2 fully saturated rings. The third-order valence-electron chi connectivity index (χ3n) is 6.24. The number of hydrogen-bond acceptors (Lipinski definition) is 5. The molecule has 0 aromatic heterocycles. The Bertz CT molecular complexity index is 1050. The maximum Gasteiger partial charge on any atom is 0.223 e. The first-order chi connectivity index (χ1) is 15.9. The minimum atomic E-state index is -3.44. The molecule has 0 atom stereocenters. The van der Waals surface area contributed by atoms with E-state index in [2.05, 4.69) is 22.3 Å². The van der Waals surface area contributed by atoms with E-state index < -0.39 is 10.0 Å². The van der Waals surface area contributed by atoms with E-state index in [-0.39, 0.29) is 17.6 Å². The van der Waals surface area contributed by atoms with Crippen molar-refractivity contribution < 1.29 is 17.9 Å². The van der Waals surface area contributed by atoms with E-state index in [9.17, 15) is 13.2 Å². The smallest absolute Gasteiger partial charge is 0.223 e. The van der Waals surface area contributed by atoms with Gasteiger partial charge in [0.25, 0.3) is 0 Å². The summed E-state index contributed by atoms with van der Waals surface area (Å²) in [6, 6.07) is 15.1. The van der Waals surface area contributed by atoms with E-state index in [4.69, 9.17) is 16.3 Å². The van der Waals surface area contributed by atoms with Gasteiger partial charge in [-0.2, -0.15) is 0 Å². The zero-order valence-corrected chi connectivity index (χ0v) is 20.2. The van der Waals surface area contributed by atoms with Gasteiger partial charge in [-0.05, 0) is 48.2 Å². The van der Waals surface area contributed by atoms with Crippen LogP contribution in [0.4, 0.5) is 5.69 Å². The molecule has 4 rings (SSSR count). The number of carbonyl (C=O) groups is 1. The Kier molecular flexibility index (Phi) is 7.90. The molecule has 2 saturated heterocycles. The van der Waals surface area contributed by atoms with Gasteiger partial charge in [0.2, 0.25) is 15.9 Å². The molecule has 1 N–H and O–H groups in total. The van der Waals surface area contributed by atoms with Gasteiger partial charge in [0.1, 0.15) is 0 Å². The number of nitrogens with one attached hydrogen (secondary N) is 1. The number of rotatable bonds is 7. The second-order valence-corrected chi connectivity index (χ2v) is 10.9. The van der Waals surface area contributed by atoms with Crippen molar-refractivity contribution >= 4 is 33.2 Å². The molecule has 2 heterocycles. The van der Waals surface area contributed by atoms with Gasteiger partial charge in [-0.25, -0.2) is 12.7 Å². The molecule has 0 spiro atoms. The molecule has 7 nitrogen and oxygen atoms in total. The Labute approximate surface area is 200 Å². The molecule has 1 amide bonds. The largest absolute Gasteiger partial charge is 0.378 e. The van der Waals surface area contributed by atoms with E-state index in [0.29, 0.717) is 43.1 Å². The summed E-state index contributed by atoms with van der Waals surface area (Å²) in [5.41, 5.74) is 2.88. The lowest BCUT2D eigenvalue weighted by Gasteiger charge is -2.30. The summed E-state index contributed by atoms with van der Waals surface area (Å²) < 4.78 is 32.4. The first-order valence-corrected chi connectivity index (χ1v) is 13.3. The Morgan fingerprint density at radius 3 is 2.36 bits per heavy atom. The number of nitrogens with zero attached hydrogens (tertiary/aromatic N) is 2. The zero-order valence-electron chi connectivity index (χ0n) is 18.6. The van der Waals surface area contributed by atoms with Crippen molar-refractivity contribution in [2.24, 2.45) is 5.92 Å². The van der Waals surface area contributed by atoms with Crippen molar-refractivity contribution in [2.75, 3.05) is 44.3 Å². The number of benzene rings is 2.